The van der Waals surface area contributed by atoms with Gasteiger partial charge in [0.1, 0.15) is 0 Å². The molecule has 0 radical (unpaired) electrons. The quantitative estimate of drug-likeness (QED) is 0.693. The first-order valence-electron chi connectivity index (χ1n) is 8.90. The topological polar surface area (TPSA) is 70.7 Å². The van der Waals surface area contributed by atoms with Crippen molar-refractivity contribution in [3.63, 3.8) is 0 Å². The van der Waals surface area contributed by atoms with Gasteiger partial charge < -0.3 is 5.32 Å². The number of benzene rings is 1. The Labute approximate surface area is 163 Å². The molecule has 26 heavy (non-hydrogen) atoms. The van der Waals surface area contributed by atoms with Gasteiger partial charge in [-0.15, -0.1) is 0 Å². The van der Waals surface area contributed by atoms with Gasteiger partial charge in [-0.3, -0.25) is 9.48 Å². The third kappa shape index (κ3) is 5.18. The fraction of sp³-hybridized carbons (Fsp3) is 0.450. The maximum Gasteiger partial charge on any atom is 0.220 e. The average Bonchev–Trinajstić information content (AvgIpc) is 2.90. The monoisotopic (exact) mass is 416 g/mol. The fourth-order valence-electron chi connectivity index (χ4n) is 3.09. The number of nitriles is 1. The minimum Gasteiger partial charge on any atom is -0.349 e. The van der Waals surface area contributed by atoms with E-state index in [0.717, 1.165) is 33.4 Å². The van der Waals surface area contributed by atoms with Crippen molar-refractivity contribution in [3.8, 4) is 6.07 Å². The molecule has 0 saturated carbocycles. The van der Waals surface area contributed by atoms with Crippen LogP contribution in [0.4, 0.5) is 0 Å². The molecule has 138 valence electrons. The minimum absolute atomic E-state index is 0.0242. The van der Waals surface area contributed by atoms with Crippen LogP contribution in [-0.2, 0) is 17.8 Å². The van der Waals surface area contributed by atoms with Gasteiger partial charge in [0.2, 0.25) is 5.91 Å². The molecule has 1 N–H and O–H groups in total. The summed E-state index contributed by atoms with van der Waals surface area (Å²) in [5, 5.41) is 16.4. The lowest BCUT2D eigenvalue weighted by Gasteiger charge is -2.17. The van der Waals surface area contributed by atoms with Crippen molar-refractivity contribution < 1.29 is 4.79 Å². The Balaban J connectivity index is 1.97. The maximum absolute atomic E-state index is 12.4. The molecule has 0 saturated heterocycles. The van der Waals surface area contributed by atoms with Gasteiger partial charge >= 0.3 is 0 Å². The van der Waals surface area contributed by atoms with Crippen molar-refractivity contribution in [2.24, 2.45) is 0 Å². The number of amides is 1. The molecule has 1 aromatic heterocycles. The van der Waals surface area contributed by atoms with E-state index in [1.807, 2.05) is 42.8 Å². The molecule has 1 amide bonds. The number of aromatic nitrogens is 2. The smallest absolute Gasteiger partial charge is 0.220 e. The number of nitrogens with one attached hydrogen (secondary N) is 1. The zero-order valence-corrected chi connectivity index (χ0v) is 17.1. The molecule has 2 rings (SSSR count). The molecular weight excluding hydrogens is 392 g/mol. The number of aryl methyl sites for hydroxylation is 2. The van der Waals surface area contributed by atoms with E-state index in [1.165, 1.54) is 0 Å². The zero-order valence-electron chi connectivity index (χ0n) is 15.6. The highest BCUT2D eigenvalue weighted by Gasteiger charge is 2.16. The van der Waals surface area contributed by atoms with Crippen molar-refractivity contribution in [1.82, 2.24) is 15.1 Å². The van der Waals surface area contributed by atoms with Crippen LogP contribution in [0, 0.1) is 25.2 Å². The van der Waals surface area contributed by atoms with Crippen LogP contribution in [0.1, 0.15) is 54.7 Å². The van der Waals surface area contributed by atoms with Crippen molar-refractivity contribution in [2.75, 3.05) is 0 Å². The first-order chi connectivity index (χ1) is 12.5. The summed E-state index contributed by atoms with van der Waals surface area (Å²) in [6.45, 7) is 6.62. The van der Waals surface area contributed by atoms with Crippen LogP contribution in [0.3, 0.4) is 0 Å². The summed E-state index contributed by atoms with van der Waals surface area (Å²) in [6, 6.07) is 10.2. The Morgan fingerprint density at radius 2 is 2.04 bits per heavy atom. The molecule has 0 aliphatic rings. The maximum atomic E-state index is 12.4. The minimum atomic E-state index is 0.0242. The second-order valence-corrected chi connectivity index (χ2v) is 7.28. The number of carbonyl (C=O) groups excluding carboxylic acids is 1. The third-order valence-corrected chi connectivity index (χ3v) is 5.11. The van der Waals surface area contributed by atoms with E-state index in [4.69, 9.17) is 5.26 Å². The lowest BCUT2D eigenvalue weighted by atomic mass is 10.0. The summed E-state index contributed by atoms with van der Waals surface area (Å²) in [4.78, 5) is 12.4. The number of hydrogen-bond acceptors (Lipinski definition) is 3. The number of carbonyl (C=O) groups is 1. The molecule has 0 aliphatic heterocycles. The van der Waals surface area contributed by atoms with E-state index in [0.29, 0.717) is 25.8 Å². The number of rotatable bonds is 8. The van der Waals surface area contributed by atoms with E-state index in [1.54, 1.807) is 0 Å². The zero-order chi connectivity index (χ0) is 19.1. The molecule has 5 nitrogen and oxygen atoms in total. The van der Waals surface area contributed by atoms with Crippen molar-refractivity contribution >= 4 is 21.8 Å². The summed E-state index contributed by atoms with van der Waals surface area (Å²) < 4.78 is 2.89. The summed E-state index contributed by atoms with van der Waals surface area (Å²) in [5.74, 6) is 0.0448. The molecule has 1 unspecified atom stereocenters. The number of hydrogen-bond donors (Lipinski definition) is 1. The summed E-state index contributed by atoms with van der Waals surface area (Å²) in [6.07, 6.45) is 2.37. The normalized spacial score (nSPS) is 11.8. The van der Waals surface area contributed by atoms with Crippen LogP contribution < -0.4 is 5.32 Å². The molecule has 0 fully saturated rings. The van der Waals surface area contributed by atoms with E-state index >= 15 is 0 Å². The van der Waals surface area contributed by atoms with E-state index in [-0.39, 0.29) is 11.9 Å². The van der Waals surface area contributed by atoms with Crippen LogP contribution in [0.2, 0.25) is 0 Å². The summed E-state index contributed by atoms with van der Waals surface area (Å²) >= 11 is 3.44. The van der Waals surface area contributed by atoms with Crippen molar-refractivity contribution in [3.05, 3.63) is 51.3 Å². The highest BCUT2D eigenvalue weighted by molar-refractivity contribution is 9.10. The number of nitrogens with zero attached hydrogens (tertiary/aromatic N) is 3. The second kappa shape index (κ2) is 9.54. The van der Waals surface area contributed by atoms with Gasteiger partial charge in [-0.1, -0.05) is 35.0 Å². The predicted molar refractivity (Wildman–Crippen MR) is 106 cm³/mol. The van der Waals surface area contributed by atoms with Gasteiger partial charge in [0, 0.05) is 16.6 Å². The molecule has 1 heterocycles. The summed E-state index contributed by atoms with van der Waals surface area (Å²) in [5.41, 5.74) is 4.20. The van der Waals surface area contributed by atoms with Crippen LogP contribution in [0.15, 0.2) is 28.7 Å². The Hall–Kier alpha value is -2.13. The largest absolute Gasteiger partial charge is 0.349 e. The molecular formula is C20H25BrN4O. The second-order valence-electron chi connectivity index (χ2n) is 6.36. The first kappa shape index (κ1) is 20.2. The lowest BCUT2D eigenvalue weighted by molar-refractivity contribution is -0.121. The summed E-state index contributed by atoms with van der Waals surface area (Å²) in [7, 11) is 0. The third-order valence-electron chi connectivity index (χ3n) is 4.58. The van der Waals surface area contributed by atoms with Gasteiger partial charge in [-0.05, 0) is 49.9 Å². The lowest BCUT2D eigenvalue weighted by Crippen LogP contribution is -2.28. The van der Waals surface area contributed by atoms with E-state index in [9.17, 15) is 4.79 Å². The molecule has 0 bridgehead atoms. The van der Waals surface area contributed by atoms with E-state index < -0.39 is 0 Å². The molecule has 0 spiro atoms. The van der Waals surface area contributed by atoms with Crippen molar-refractivity contribution in [1.29, 1.82) is 5.26 Å². The molecule has 2 aromatic rings. The van der Waals surface area contributed by atoms with Crippen LogP contribution in [-0.4, -0.2) is 15.7 Å². The van der Waals surface area contributed by atoms with Crippen LogP contribution >= 0.6 is 15.9 Å². The average molecular weight is 417 g/mol. The molecule has 0 aliphatic carbocycles. The van der Waals surface area contributed by atoms with Gasteiger partial charge in [0.15, 0.2) is 0 Å². The standard InChI is InChI=1S/C20H25BrN4O/c1-4-19(16-6-8-17(21)9-7-16)23-20(26)11-10-18-14(2)24-25(15(18)3)13-5-12-22/h6-9,19H,4-5,10-11,13H2,1-3H3,(H,23,26). The van der Waals surface area contributed by atoms with Gasteiger partial charge in [0.05, 0.1) is 30.8 Å². The van der Waals surface area contributed by atoms with Gasteiger partial charge in [-0.25, -0.2) is 0 Å². The highest BCUT2D eigenvalue weighted by Crippen LogP contribution is 2.20. The first-order valence-corrected chi connectivity index (χ1v) is 9.70. The Morgan fingerprint density at radius 1 is 1.35 bits per heavy atom. The van der Waals surface area contributed by atoms with E-state index in [2.05, 4.69) is 39.3 Å². The molecule has 1 aromatic carbocycles. The Morgan fingerprint density at radius 3 is 2.65 bits per heavy atom. The molecule has 1 atom stereocenters. The van der Waals surface area contributed by atoms with Crippen LogP contribution in [0.25, 0.3) is 0 Å². The Bertz CT molecular complexity index is 789. The Kier molecular flexibility index (Phi) is 7.40. The highest BCUT2D eigenvalue weighted by atomic mass is 79.9. The fourth-order valence-corrected chi connectivity index (χ4v) is 3.35. The van der Waals surface area contributed by atoms with Crippen LogP contribution in [0.5, 0.6) is 0 Å². The van der Waals surface area contributed by atoms with Gasteiger partial charge in [0.25, 0.3) is 0 Å². The predicted octanol–water partition coefficient (Wildman–Crippen LogP) is 4.38. The van der Waals surface area contributed by atoms with Gasteiger partial charge in [-0.2, -0.15) is 10.4 Å². The SMILES string of the molecule is CCC(NC(=O)CCc1c(C)nn(CCC#N)c1C)c1ccc(Br)cc1. The molecule has 6 heteroatoms. The van der Waals surface area contributed by atoms with Crippen molar-refractivity contribution in [2.45, 2.75) is 59.0 Å². The number of halogens is 1.